The minimum absolute atomic E-state index is 0.144. The Morgan fingerprint density at radius 3 is 2.44 bits per heavy atom. The molecule has 2 aromatic heterocycles. The van der Waals surface area contributed by atoms with Crippen LogP contribution >= 0.6 is 0 Å². The van der Waals surface area contributed by atoms with Gasteiger partial charge in [0.1, 0.15) is 24.1 Å². The topological polar surface area (TPSA) is 147 Å². The number of hydrogen-bond donors (Lipinski definition) is 3. The number of phenolic OH excluding ortho intramolecular Hbond substituents is 1. The summed E-state index contributed by atoms with van der Waals surface area (Å²) in [4.78, 5) is 33.9. The summed E-state index contributed by atoms with van der Waals surface area (Å²) >= 11 is 0. The van der Waals surface area contributed by atoms with Crippen LogP contribution in [0.15, 0.2) is 66.9 Å². The summed E-state index contributed by atoms with van der Waals surface area (Å²) in [7, 11) is 0. The Hall–Kier alpha value is -5.03. The summed E-state index contributed by atoms with van der Waals surface area (Å²) in [6.45, 7) is 3.32. The van der Waals surface area contributed by atoms with Crippen molar-refractivity contribution in [3.05, 3.63) is 78.0 Å². The van der Waals surface area contributed by atoms with E-state index in [1.165, 1.54) is 11.1 Å². The predicted octanol–water partition coefficient (Wildman–Crippen LogP) is 5.40. The third kappa shape index (κ3) is 6.26. The first-order valence-corrected chi connectivity index (χ1v) is 17.9. The predicted molar refractivity (Wildman–Crippen MR) is 191 cm³/mol. The molecule has 3 aliphatic heterocycles. The molecule has 11 nitrogen and oxygen atoms in total. The Balaban J connectivity index is 0.897. The lowest BCUT2D eigenvalue weighted by molar-refractivity contribution is -0.134. The van der Waals surface area contributed by atoms with E-state index in [1.807, 2.05) is 24.4 Å². The fourth-order valence-corrected chi connectivity index (χ4v) is 8.54. The van der Waals surface area contributed by atoms with Gasteiger partial charge in [-0.15, -0.1) is 10.2 Å². The molecule has 2 aromatic carbocycles. The van der Waals surface area contributed by atoms with E-state index in [9.17, 15) is 14.7 Å². The van der Waals surface area contributed by atoms with Gasteiger partial charge in [-0.05, 0) is 117 Å². The molecule has 1 atom stereocenters. The first-order valence-electron chi connectivity index (χ1n) is 17.9. The van der Waals surface area contributed by atoms with Crippen molar-refractivity contribution in [2.24, 2.45) is 0 Å². The minimum atomic E-state index is -0.336. The van der Waals surface area contributed by atoms with Crippen LogP contribution in [0.4, 0.5) is 11.5 Å². The van der Waals surface area contributed by atoms with Gasteiger partial charge in [0.15, 0.2) is 5.82 Å². The molecule has 0 radical (unpaired) electrons. The van der Waals surface area contributed by atoms with Crippen molar-refractivity contribution >= 4 is 23.3 Å². The maximum Gasteiger partial charge on any atom is 0.249 e. The van der Waals surface area contributed by atoms with Gasteiger partial charge in [0.05, 0.1) is 23.6 Å². The van der Waals surface area contributed by atoms with E-state index in [0.29, 0.717) is 66.5 Å². The third-order valence-corrected chi connectivity index (χ3v) is 11.2. The standard InChI is InChI=1S/C39H43N7O4/c40-38-30(23-32(43-44-38)29-4-1-2-7-35(29)47)31-22-26(14-17-41-31)24-15-18-45(19-16-24)27-10-8-25(9-11-27)28-5-3-6-33-37(28)50-21-20-46(33)34-12-13-36(48)42-39(34)49/h1-7,14,17,22-25,27,34,47H,8-13,15-16,18-21H2,(H2,40,44)(H,42,48,49)/t25?,27?,34-/m0/s1. The molecule has 11 heteroatoms. The fraction of sp³-hybridized carbons (Fsp3) is 0.410. The van der Waals surface area contributed by atoms with Crippen molar-refractivity contribution in [2.75, 3.05) is 36.9 Å². The van der Waals surface area contributed by atoms with Crippen LogP contribution in [-0.4, -0.2) is 75.3 Å². The van der Waals surface area contributed by atoms with E-state index in [0.717, 1.165) is 68.7 Å². The van der Waals surface area contributed by atoms with Crippen LogP contribution in [0.25, 0.3) is 22.5 Å². The number of imide groups is 1. The number of aromatic nitrogens is 3. The Labute approximate surface area is 291 Å². The number of likely N-dealkylation sites (tertiary alicyclic amines) is 1. The minimum Gasteiger partial charge on any atom is -0.507 e. The summed E-state index contributed by atoms with van der Waals surface area (Å²) in [5.41, 5.74) is 12.4. The highest BCUT2D eigenvalue weighted by molar-refractivity contribution is 6.02. The lowest BCUT2D eigenvalue weighted by Gasteiger charge is -2.42. The molecule has 0 unspecified atom stereocenters. The molecule has 0 bridgehead atoms. The number of piperidine rings is 2. The molecule has 0 spiro atoms. The molecular formula is C39H43N7O4. The summed E-state index contributed by atoms with van der Waals surface area (Å²) in [5, 5.41) is 21.3. The molecule has 5 heterocycles. The van der Waals surface area contributed by atoms with E-state index >= 15 is 0 Å². The second kappa shape index (κ2) is 13.7. The highest BCUT2D eigenvalue weighted by atomic mass is 16.5. The van der Waals surface area contributed by atoms with E-state index < -0.39 is 0 Å². The molecule has 4 aliphatic rings. The molecule has 2 amide bonds. The molecule has 4 aromatic rings. The zero-order valence-electron chi connectivity index (χ0n) is 28.1. The number of aromatic hydroxyl groups is 1. The van der Waals surface area contributed by atoms with Gasteiger partial charge >= 0.3 is 0 Å². The number of hydrogen-bond acceptors (Lipinski definition) is 10. The zero-order chi connectivity index (χ0) is 34.2. The molecule has 3 fully saturated rings. The number of rotatable bonds is 6. The quantitative estimate of drug-likeness (QED) is 0.227. The molecule has 2 saturated heterocycles. The van der Waals surface area contributed by atoms with Crippen LogP contribution in [-0.2, 0) is 9.59 Å². The van der Waals surface area contributed by atoms with E-state index in [4.69, 9.17) is 10.5 Å². The third-order valence-electron chi connectivity index (χ3n) is 11.2. The molecule has 4 N–H and O–H groups in total. The second-order valence-corrected chi connectivity index (χ2v) is 14.0. The first kappa shape index (κ1) is 32.2. The highest BCUT2D eigenvalue weighted by Gasteiger charge is 2.37. The molecule has 1 saturated carbocycles. The van der Waals surface area contributed by atoms with Crippen molar-refractivity contribution < 1.29 is 19.4 Å². The number of phenols is 1. The van der Waals surface area contributed by atoms with Crippen LogP contribution in [0.2, 0.25) is 0 Å². The molecule has 1 aliphatic carbocycles. The molecule has 258 valence electrons. The summed E-state index contributed by atoms with van der Waals surface area (Å²) in [5.74, 6) is 1.85. The number of benzene rings is 2. The van der Waals surface area contributed by atoms with Crippen molar-refractivity contribution in [3.63, 3.8) is 0 Å². The Kier molecular flexibility index (Phi) is 8.82. The smallest absolute Gasteiger partial charge is 0.249 e. The number of fused-ring (bicyclic) bond motifs is 1. The summed E-state index contributed by atoms with van der Waals surface area (Å²) < 4.78 is 6.28. The number of nitrogen functional groups attached to an aromatic ring is 1. The molecule has 50 heavy (non-hydrogen) atoms. The van der Waals surface area contributed by atoms with E-state index in [-0.39, 0.29) is 23.6 Å². The summed E-state index contributed by atoms with van der Waals surface area (Å²) in [6, 6.07) is 19.8. The average molecular weight is 674 g/mol. The van der Waals surface area contributed by atoms with Crippen LogP contribution in [0.3, 0.4) is 0 Å². The van der Waals surface area contributed by atoms with Gasteiger partial charge in [-0.2, -0.15) is 0 Å². The monoisotopic (exact) mass is 673 g/mol. The van der Waals surface area contributed by atoms with Gasteiger partial charge in [0.2, 0.25) is 11.8 Å². The van der Waals surface area contributed by atoms with Crippen LogP contribution in [0, 0.1) is 0 Å². The van der Waals surface area contributed by atoms with Crippen molar-refractivity contribution in [1.29, 1.82) is 0 Å². The summed E-state index contributed by atoms with van der Waals surface area (Å²) in [6.07, 6.45) is 9.48. The van der Waals surface area contributed by atoms with Crippen molar-refractivity contribution in [3.8, 4) is 34.0 Å². The van der Waals surface area contributed by atoms with Crippen LogP contribution in [0.1, 0.15) is 74.3 Å². The number of amides is 2. The van der Waals surface area contributed by atoms with Gasteiger partial charge < -0.3 is 25.4 Å². The SMILES string of the molecule is Nc1nnc(-c2ccccc2O)cc1-c1cc(C2CCN(C3CCC(c4cccc5c4OCCN5[C@H]4CCC(=O)NC4=O)CC3)CC2)ccn1. The Morgan fingerprint density at radius 2 is 1.64 bits per heavy atom. The largest absolute Gasteiger partial charge is 0.507 e. The van der Waals surface area contributed by atoms with Gasteiger partial charge in [-0.1, -0.05) is 24.3 Å². The number of pyridine rings is 1. The van der Waals surface area contributed by atoms with E-state index in [2.05, 4.69) is 60.6 Å². The number of ether oxygens (including phenoxy) is 1. The Bertz CT molecular complexity index is 1900. The first-order chi connectivity index (χ1) is 24.4. The lowest BCUT2D eigenvalue weighted by atomic mass is 9.79. The van der Waals surface area contributed by atoms with E-state index in [1.54, 1.807) is 12.1 Å². The number of nitrogens with zero attached hydrogens (tertiary/aromatic N) is 5. The van der Waals surface area contributed by atoms with Crippen LogP contribution < -0.4 is 20.7 Å². The van der Waals surface area contributed by atoms with Gasteiger partial charge in [0, 0.05) is 29.8 Å². The number of nitrogens with one attached hydrogen (secondary N) is 1. The van der Waals surface area contributed by atoms with Gasteiger partial charge in [-0.3, -0.25) is 19.9 Å². The Morgan fingerprint density at radius 1 is 0.820 bits per heavy atom. The number of anilines is 2. The lowest BCUT2D eigenvalue weighted by Crippen LogP contribution is -2.54. The zero-order valence-corrected chi connectivity index (χ0v) is 28.1. The molecular weight excluding hydrogens is 630 g/mol. The maximum atomic E-state index is 12.7. The normalized spacial score (nSPS) is 23.2. The van der Waals surface area contributed by atoms with Crippen molar-refractivity contribution in [2.45, 2.75) is 75.3 Å². The second-order valence-electron chi connectivity index (χ2n) is 14.0. The van der Waals surface area contributed by atoms with Gasteiger partial charge in [0.25, 0.3) is 0 Å². The fourth-order valence-electron chi connectivity index (χ4n) is 8.54. The van der Waals surface area contributed by atoms with Crippen LogP contribution in [0.5, 0.6) is 11.5 Å². The van der Waals surface area contributed by atoms with Gasteiger partial charge in [-0.25, -0.2) is 0 Å². The van der Waals surface area contributed by atoms with Crippen molar-refractivity contribution in [1.82, 2.24) is 25.4 Å². The maximum absolute atomic E-state index is 12.7. The average Bonchev–Trinajstić information content (AvgIpc) is 3.15. The highest BCUT2D eigenvalue weighted by Crippen LogP contribution is 2.45. The molecule has 8 rings (SSSR count). The number of carbonyl (C=O) groups is 2. The number of para-hydroxylation sites is 2. The number of nitrogens with two attached hydrogens (primary N) is 1. The number of carbonyl (C=O) groups excluding carboxylic acids is 2.